The quantitative estimate of drug-likeness (QED) is 0.698. The summed E-state index contributed by atoms with van der Waals surface area (Å²) in [5.74, 6) is 0.0166. The van der Waals surface area contributed by atoms with Crippen molar-refractivity contribution in [2.45, 2.75) is 39.3 Å². The maximum absolute atomic E-state index is 12.1. The first kappa shape index (κ1) is 17.4. The SMILES string of the molecule is CCNC(C)(CN1CCS(=O)(=O)CC1C)C(=O)OCC. The molecule has 0 aliphatic carbocycles. The van der Waals surface area contributed by atoms with E-state index in [1.165, 1.54) is 0 Å². The number of hydrogen-bond acceptors (Lipinski definition) is 6. The van der Waals surface area contributed by atoms with Crippen LogP contribution in [0.5, 0.6) is 0 Å². The van der Waals surface area contributed by atoms with E-state index in [0.717, 1.165) is 0 Å². The van der Waals surface area contributed by atoms with Gasteiger partial charge in [-0.15, -0.1) is 0 Å². The minimum atomic E-state index is -2.94. The highest BCUT2D eigenvalue weighted by atomic mass is 32.2. The van der Waals surface area contributed by atoms with Gasteiger partial charge in [0.1, 0.15) is 5.54 Å². The molecule has 1 rings (SSSR count). The molecule has 1 saturated heterocycles. The van der Waals surface area contributed by atoms with Crippen molar-refractivity contribution >= 4 is 15.8 Å². The Hall–Kier alpha value is -0.660. The number of esters is 1. The average Bonchev–Trinajstić information content (AvgIpc) is 2.33. The lowest BCUT2D eigenvalue weighted by Gasteiger charge is -2.39. The van der Waals surface area contributed by atoms with Crippen LogP contribution < -0.4 is 5.32 Å². The normalized spacial score (nSPS) is 25.9. The van der Waals surface area contributed by atoms with Crippen molar-refractivity contribution in [1.29, 1.82) is 0 Å². The second kappa shape index (κ2) is 6.87. The third kappa shape index (κ3) is 4.43. The van der Waals surface area contributed by atoms with E-state index >= 15 is 0 Å². The summed E-state index contributed by atoms with van der Waals surface area (Å²) in [6, 6.07) is -0.0823. The van der Waals surface area contributed by atoms with Gasteiger partial charge in [-0.1, -0.05) is 6.92 Å². The number of nitrogens with zero attached hydrogens (tertiary/aromatic N) is 1. The standard InChI is InChI=1S/C13H26N2O4S/c1-5-14-13(4,12(16)19-6-2)10-15-7-8-20(17,18)9-11(15)3/h11,14H,5-10H2,1-4H3. The van der Waals surface area contributed by atoms with E-state index < -0.39 is 15.4 Å². The minimum absolute atomic E-state index is 0.0823. The van der Waals surface area contributed by atoms with Gasteiger partial charge in [-0.05, 0) is 27.3 Å². The fourth-order valence-corrected chi connectivity index (χ4v) is 4.17. The van der Waals surface area contributed by atoms with E-state index in [-0.39, 0.29) is 23.5 Å². The van der Waals surface area contributed by atoms with Gasteiger partial charge in [0.2, 0.25) is 0 Å². The van der Waals surface area contributed by atoms with Crippen molar-refractivity contribution in [3.05, 3.63) is 0 Å². The molecule has 0 aromatic heterocycles. The highest BCUT2D eigenvalue weighted by Crippen LogP contribution is 2.17. The van der Waals surface area contributed by atoms with Gasteiger partial charge in [-0.2, -0.15) is 0 Å². The molecule has 0 aromatic carbocycles. The molecule has 2 unspecified atom stereocenters. The van der Waals surface area contributed by atoms with Crippen LogP contribution in [0.25, 0.3) is 0 Å². The van der Waals surface area contributed by atoms with Gasteiger partial charge < -0.3 is 10.1 Å². The van der Waals surface area contributed by atoms with Crippen LogP contribution in [-0.4, -0.2) is 68.6 Å². The Morgan fingerprint density at radius 2 is 2.10 bits per heavy atom. The molecule has 118 valence electrons. The highest BCUT2D eigenvalue weighted by molar-refractivity contribution is 7.91. The van der Waals surface area contributed by atoms with E-state index in [2.05, 4.69) is 5.32 Å². The van der Waals surface area contributed by atoms with E-state index in [0.29, 0.717) is 26.2 Å². The zero-order chi connectivity index (χ0) is 15.4. The Labute approximate surface area is 121 Å². The molecule has 0 bridgehead atoms. The largest absolute Gasteiger partial charge is 0.465 e. The number of sulfone groups is 1. The number of carbonyl (C=O) groups is 1. The summed E-state index contributed by atoms with van der Waals surface area (Å²) in [4.78, 5) is 14.2. The smallest absolute Gasteiger partial charge is 0.327 e. The van der Waals surface area contributed by atoms with Crippen molar-refractivity contribution < 1.29 is 17.9 Å². The molecule has 6 nitrogen and oxygen atoms in total. The topological polar surface area (TPSA) is 75.7 Å². The van der Waals surface area contributed by atoms with Gasteiger partial charge >= 0.3 is 5.97 Å². The van der Waals surface area contributed by atoms with Gasteiger partial charge in [-0.3, -0.25) is 9.69 Å². The molecule has 7 heteroatoms. The molecule has 0 radical (unpaired) electrons. The van der Waals surface area contributed by atoms with Gasteiger partial charge in [0.05, 0.1) is 18.1 Å². The van der Waals surface area contributed by atoms with E-state index in [4.69, 9.17) is 4.74 Å². The maximum atomic E-state index is 12.1. The van der Waals surface area contributed by atoms with Crippen LogP contribution in [0.4, 0.5) is 0 Å². The number of likely N-dealkylation sites (N-methyl/N-ethyl adjacent to an activating group) is 1. The first-order valence-corrected chi connectivity index (χ1v) is 8.93. The van der Waals surface area contributed by atoms with Crippen molar-refractivity contribution in [2.75, 3.05) is 37.7 Å². The lowest BCUT2D eigenvalue weighted by atomic mass is 10.0. The predicted molar refractivity (Wildman–Crippen MR) is 78.4 cm³/mol. The molecule has 2 atom stereocenters. The second-order valence-electron chi connectivity index (χ2n) is 5.52. The fourth-order valence-electron chi connectivity index (χ4n) is 2.55. The van der Waals surface area contributed by atoms with Crippen molar-refractivity contribution in [1.82, 2.24) is 10.2 Å². The van der Waals surface area contributed by atoms with Crippen LogP contribution in [0.3, 0.4) is 0 Å². The Bertz CT molecular complexity index is 438. The van der Waals surface area contributed by atoms with Crippen molar-refractivity contribution in [3.63, 3.8) is 0 Å². The molecule has 0 saturated carbocycles. The Morgan fingerprint density at radius 1 is 1.45 bits per heavy atom. The van der Waals surface area contributed by atoms with Crippen LogP contribution in [0.1, 0.15) is 27.7 Å². The summed E-state index contributed by atoms with van der Waals surface area (Å²) in [5, 5.41) is 3.17. The monoisotopic (exact) mass is 306 g/mol. The van der Waals surface area contributed by atoms with Crippen LogP contribution >= 0.6 is 0 Å². The number of hydrogen-bond donors (Lipinski definition) is 1. The Balaban J connectivity index is 2.78. The molecule has 1 fully saturated rings. The Morgan fingerprint density at radius 3 is 2.60 bits per heavy atom. The second-order valence-corrected chi connectivity index (χ2v) is 7.75. The van der Waals surface area contributed by atoms with E-state index in [1.54, 1.807) is 6.92 Å². The molecule has 0 aromatic rings. The number of ether oxygens (including phenoxy) is 1. The third-order valence-electron chi connectivity index (χ3n) is 3.62. The molecule has 1 N–H and O–H groups in total. The molecule has 0 amide bonds. The number of carbonyl (C=O) groups excluding carboxylic acids is 1. The lowest BCUT2D eigenvalue weighted by molar-refractivity contribution is -0.151. The van der Waals surface area contributed by atoms with Crippen LogP contribution in [0, 0.1) is 0 Å². The fraction of sp³-hybridized carbons (Fsp3) is 0.923. The molecular formula is C13H26N2O4S. The lowest BCUT2D eigenvalue weighted by Crippen LogP contribution is -2.61. The summed E-state index contributed by atoms with van der Waals surface area (Å²) < 4.78 is 28.3. The zero-order valence-electron chi connectivity index (χ0n) is 12.8. The van der Waals surface area contributed by atoms with Gasteiger partial charge in [0.15, 0.2) is 9.84 Å². The maximum Gasteiger partial charge on any atom is 0.327 e. The van der Waals surface area contributed by atoms with Crippen LogP contribution in [0.15, 0.2) is 0 Å². The predicted octanol–water partition coefficient (Wildman–Crippen LogP) is 0.0366. The van der Waals surface area contributed by atoms with Gasteiger partial charge in [-0.25, -0.2) is 8.42 Å². The Kier molecular flexibility index (Phi) is 5.97. The van der Waals surface area contributed by atoms with E-state index in [1.807, 2.05) is 25.7 Å². The summed E-state index contributed by atoms with van der Waals surface area (Å²) in [6.45, 7) is 9.31. The highest BCUT2D eigenvalue weighted by Gasteiger charge is 2.39. The van der Waals surface area contributed by atoms with Gasteiger partial charge in [0.25, 0.3) is 0 Å². The van der Waals surface area contributed by atoms with E-state index in [9.17, 15) is 13.2 Å². The minimum Gasteiger partial charge on any atom is -0.465 e. The average molecular weight is 306 g/mol. The van der Waals surface area contributed by atoms with Crippen molar-refractivity contribution in [3.8, 4) is 0 Å². The zero-order valence-corrected chi connectivity index (χ0v) is 13.6. The number of rotatable bonds is 6. The summed E-state index contributed by atoms with van der Waals surface area (Å²) in [7, 11) is -2.94. The summed E-state index contributed by atoms with van der Waals surface area (Å²) >= 11 is 0. The molecule has 1 aliphatic heterocycles. The number of nitrogens with one attached hydrogen (secondary N) is 1. The molecule has 0 spiro atoms. The summed E-state index contributed by atoms with van der Waals surface area (Å²) in [6.07, 6.45) is 0. The molecule has 20 heavy (non-hydrogen) atoms. The van der Waals surface area contributed by atoms with Crippen LogP contribution in [0.2, 0.25) is 0 Å². The first-order valence-electron chi connectivity index (χ1n) is 7.11. The van der Waals surface area contributed by atoms with Crippen molar-refractivity contribution in [2.24, 2.45) is 0 Å². The third-order valence-corrected chi connectivity index (χ3v) is 5.42. The van der Waals surface area contributed by atoms with Crippen LogP contribution in [-0.2, 0) is 19.4 Å². The molecular weight excluding hydrogens is 280 g/mol. The molecule has 1 aliphatic rings. The molecule has 1 heterocycles. The van der Waals surface area contributed by atoms with Gasteiger partial charge in [0, 0.05) is 19.1 Å². The first-order chi connectivity index (χ1) is 9.24. The summed E-state index contributed by atoms with van der Waals surface area (Å²) in [5.41, 5.74) is -0.805.